The molecule has 57 heavy (non-hydrogen) atoms. The van der Waals surface area contributed by atoms with Gasteiger partial charge >= 0.3 is 0 Å². The van der Waals surface area contributed by atoms with Gasteiger partial charge in [-0.3, -0.25) is 0 Å². The van der Waals surface area contributed by atoms with Gasteiger partial charge in [0.1, 0.15) is 23.0 Å². The van der Waals surface area contributed by atoms with Crippen molar-refractivity contribution in [2.45, 2.75) is 0 Å². The van der Waals surface area contributed by atoms with E-state index in [0.717, 1.165) is 107 Å². The van der Waals surface area contributed by atoms with Gasteiger partial charge in [-0.25, -0.2) is 9.97 Å². The van der Waals surface area contributed by atoms with Crippen LogP contribution in [-0.4, -0.2) is 48.0 Å². The van der Waals surface area contributed by atoms with Crippen LogP contribution in [-0.2, 0) is 17.1 Å². The van der Waals surface area contributed by atoms with Crippen LogP contribution in [0.4, 0.5) is 0 Å². The molecule has 8 nitrogen and oxygen atoms in total. The third-order valence-corrected chi connectivity index (χ3v) is 10.1. The molecule has 9 rings (SSSR count). The molecule has 0 saturated heterocycles. The first-order chi connectivity index (χ1) is 27.5. The van der Waals surface area contributed by atoms with E-state index in [4.69, 9.17) is 28.9 Å². The average Bonchev–Trinajstić information content (AvgIpc) is 4.06. The molecule has 0 amide bonds. The van der Waals surface area contributed by atoms with Crippen molar-refractivity contribution in [1.82, 2.24) is 19.5 Å². The number of methoxy groups -OCH3 is 4. The summed E-state index contributed by atoms with van der Waals surface area (Å²) < 4.78 is 24.9. The zero-order valence-corrected chi connectivity index (χ0v) is 33.0. The van der Waals surface area contributed by atoms with Gasteiger partial charge in [0.05, 0.1) is 62.2 Å². The molecule has 8 bridgehead atoms. The molecule has 0 aliphatic carbocycles. The summed E-state index contributed by atoms with van der Waals surface area (Å²) in [5, 5.41) is 0. The summed E-state index contributed by atoms with van der Waals surface area (Å²) in [7, 11) is 6.74. The maximum Gasteiger partial charge on any atom is 0.119 e. The van der Waals surface area contributed by atoms with E-state index in [0.29, 0.717) is 0 Å². The van der Waals surface area contributed by atoms with Crippen molar-refractivity contribution in [1.29, 1.82) is 0 Å². The van der Waals surface area contributed by atoms with Crippen LogP contribution in [0.3, 0.4) is 0 Å². The fraction of sp³-hybridized carbons (Fsp3) is 0.0833. The first-order valence-corrected chi connectivity index (χ1v) is 18.3. The van der Waals surface area contributed by atoms with Crippen LogP contribution < -0.4 is 18.9 Å². The molecule has 1 radical (unpaired) electrons. The fourth-order valence-corrected chi connectivity index (χ4v) is 7.43. The second kappa shape index (κ2) is 15.7. The molecule has 7 aromatic rings. The summed E-state index contributed by atoms with van der Waals surface area (Å²) in [5.74, 6) is 3.06. The SMILES string of the molecule is COc1ccc(-c2c(-c3ccc(OC)cc3)c3c(-c4ccc(OC)cc4)c4nc(cc5ccc(cc6nc(cc2n3-c2ccc(OC)cc2)C=C6)[nH]5)C=C4)cc1.[Mn]. The van der Waals surface area contributed by atoms with E-state index in [1.807, 2.05) is 54.6 Å². The monoisotopic (exact) mass is 789 g/mol. The molecule has 9 heteroatoms. The van der Waals surface area contributed by atoms with Crippen LogP contribution in [0.2, 0.25) is 0 Å². The average molecular weight is 790 g/mol. The van der Waals surface area contributed by atoms with Crippen LogP contribution in [0.1, 0.15) is 22.8 Å². The Morgan fingerprint density at radius 2 is 0.860 bits per heavy atom. The fourth-order valence-electron chi connectivity index (χ4n) is 7.43. The third kappa shape index (κ3) is 7.11. The Bertz CT molecular complexity index is 2820. The molecule has 5 heterocycles. The van der Waals surface area contributed by atoms with Gasteiger partial charge in [0.2, 0.25) is 0 Å². The number of aromatic nitrogens is 4. The van der Waals surface area contributed by atoms with E-state index in [2.05, 4.69) is 107 Å². The van der Waals surface area contributed by atoms with Crippen molar-refractivity contribution in [3.63, 3.8) is 0 Å². The Morgan fingerprint density at radius 3 is 1.37 bits per heavy atom. The minimum atomic E-state index is 0. The van der Waals surface area contributed by atoms with Gasteiger partial charge in [-0.1, -0.05) is 36.4 Å². The molecule has 1 N–H and O–H groups in total. The number of fused-ring (bicyclic) bond motifs is 8. The standard InChI is InChI=1S/C48H38N4O4.Mn/c1-53-39-18-5-30(6-19-39)45-43-26-15-36(51-43)28-35-12-11-33(49-35)27-34-13-14-37(50-34)29-44-46(31-7-20-40(54-2)21-8-31)47(32-9-22-41(55-3)23-10-32)48(45)52(44)38-16-24-42(56-4)25-17-38;/h5-29,49H,1-4H3;. The van der Waals surface area contributed by atoms with E-state index in [9.17, 15) is 0 Å². The van der Waals surface area contributed by atoms with Gasteiger partial charge in [-0.15, -0.1) is 0 Å². The van der Waals surface area contributed by atoms with Crippen molar-refractivity contribution in [3.8, 4) is 62.1 Å². The summed E-state index contributed by atoms with van der Waals surface area (Å²) in [5.41, 5.74) is 14.0. The predicted octanol–water partition coefficient (Wildman–Crippen LogP) is 11.2. The molecule has 281 valence electrons. The maximum atomic E-state index is 5.65. The maximum absolute atomic E-state index is 5.65. The van der Waals surface area contributed by atoms with Gasteiger partial charge in [0.25, 0.3) is 0 Å². The van der Waals surface area contributed by atoms with E-state index in [1.165, 1.54) is 0 Å². The molecule has 0 fully saturated rings. The summed E-state index contributed by atoms with van der Waals surface area (Å²) in [6.45, 7) is 0. The van der Waals surface area contributed by atoms with Crippen molar-refractivity contribution < 1.29 is 36.0 Å². The first-order valence-electron chi connectivity index (χ1n) is 18.3. The summed E-state index contributed by atoms with van der Waals surface area (Å²) in [6.07, 6.45) is 8.28. The van der Waals surface area contributed by atoms with Crippen LogP contribution in [0.15, 0.2) is 127 Å². The Labute approximate surface area is 341 Å². The molecule has 0 atom stereocenters. The Hall–Kier alpha value is -6.80. The zero-order chi connectivity index (χ0) is 38.2. The number of nitrogens with one attached hydrogen (secondary N) is 1. The molecule has 2 aliphatic heterocycles. The second-order valence-corrected chi connectivity index (χ2v) is 13.4. The van der Waals surface area contributed by atoms with Crippen molar-refractivity contribution >= 4 is 46.4 Å². The van der Waals surface area contributed by atoms with Crippen molar-refractivity contribution in [3.05, 3.63) is 150 Å². The number of benzene rings is 4. The molecule has 0 saturated carbocycles. The van der Waals surface area contributed by atoms with E-state index in [-0.39, 0.29) is 17.1 Å². The second-order valence-electron chi connectivity index (χ2n) is 13.4. The van der Waals surface area contributed by atoms with Gasteiger partial charge in [0, 0.05) is 50.5 Å². The van der Waals surface area contributed by atoms with Gasteiger partial charge in [-0.2, -0.15) is 0 Å². The van der Waals surface area contributed by atoms with E-state index in [1.54, 1.807) is 28.4 Å². The quantitative estimate of drug-likeness (QED) is 0.154. The normalized spacial score (nSPS) is 11.6. The number of ether oxygens (including phenoxy) is 4. The smallest absolute Gasteiger partial charge is 0.119 e. The minimum Gasteiger partial charge on any atom is -0.497 e. The number of aromatic amines is 1. The first kappa shape index (κ1) is 37.1. The van der Waals surface area contributed by atoms with Gasteiger partial charge < -0.3 is 28.5 Å². The van der Waals surface area contributed by atoms with Gasteiger partial charge in [0.15, 0.2) is 0 Å². The Morgan fingerprint density at radius 1 is 0.439 bits per heavy atom. The van der Waals surface area contributed by atoms with Crippen LogP contribution in [0, 0.1) is 0 Å². The topological polar surface area (TPSA) is 83.4 Å². The number of hydrogen-bond acceptors (Lipinski definition) is 6. The number of rotatable bonds is 8. The molecule has 0 unspecified atom stereocenters. The van der Waals surface area contributed by atoms with Gasteiger partial charge in [-0.05, 0) is 132 Å². The zero-order valence-electron chi connectivity index (χ0n) is 31.8. The van der Waals surface area contributed by atoms with E-state index >= 15 is 0 Å². The molecular formula is C48H38MnN4O4. The summed E-state index contributed by atoms with van der Waals surface area (Å²) in [6, 6.07) is 43.3. The Balaban J connectivity index is 0.00000455. The molecule has 2 aliphatic rings. The van der Waals surface area contributed by atoms with Crippen molar-refractivity contribution in [2.75, 3.05) is 28.4 Å². The molecule has 0 spiro atoms. The third-order valence-electron chi connectivity index (χ3n) is 10.1. The molecular weight excluding hydrogens is 751 g/mol. The number of hydrogen-bond donors (Lipinski definition) is 1. The predicted molar refractivity (Wildman–Crippen MR) is 226 cm³/mol. The largest absolute Gasteiger partial charge is 0.497 e. The van der Waals surface area contributed by atoms with Crippen LogP contribution >= 0.6 is 0 Å². The number of nitrogens with zero attached hydrogens (tertiary/aromatic N) is 3. The van der Waals surface area contributed by atoms with Crippen LogP contribution in [0.25, 0.3) is 85.4 Å². The molecule has 3 aromatic heterocycles. The number of H-pyrrole nitrogens is 1. The van der Waals surface area contributed by atoms with E-state index < -0.39 is 0 Å². The van der Waals surface area contributed by atoms with Crippen molar-refractivity contribution in [2.24, 2.45) is 0 Å². The molecule has 4 aromatic carbocycles. The summed E-state index contributed by atoms with van der Waals surface area (Å²) in [4.78, 5) is 14.0. The minimum absolute atomic E-state index is 0. The summed E-state index contributed by atoms with van der Waals surface area (Å²) >= 11 is 0. The Kier molecular flexibility index (Phi) is 10.3. The van der Waals surface area contributed by atoms with Crippen LogP contribution in [0.5, 0.6) is 23.0 Å².